The second kappa shape index (κ2) is 9.14. The van der Waals surface area contributed by atoms with Gasteiger partial charge < -0.3 is 14.9 Å². The normalized spacial score (nSPS) is 11.8. The molecule has 0 saturated heterocycles. The van der Waals surface area contributed by atoms with Crippen molar-refractivity contribution in [1.29, 1.82) is 0 Å². The fourth-order valence-electron chi connectivity index (χ4n) is 2.75. The molecule has 0 spiro atoms. The number of carbonyl (C=O) groups excluding carboxylic acids is 1. The molecule has 2 N–H and O–H groups in total. The van der Waals surface area contributed by atoms with E-state index in [9.17, 15) is 9.59 Å². The predicted molar refractivity (Wildman–Crippen MR) is 102 cm³/mol. The molecular formula is C20H18ClN3O4. The Morgan fingerprint density at radius 2 is 1.82 bits per heavy atom. The number of hydrogen-bond donors (Lipinski definition) is 2. The highest BCUT2D eigenvalue weighted by Gasteiger charge is 2.23. The fourth-order valence-corrected chi connectivity index (χ4v) is 2.97. The van der Waals surface area contributed by atoms with E-state index in [4.69, 9.17) is 21.2 Å². The number of carboxylic acids is 1. The summed E-state index contributed by atoms with van der Waals surface area (Å²) < 4.78 is 5.15. The molecule has 7 nitrogen and oxygen atoms in total. The van der Waals surface area contributed by atoms with E-state index in [-0.39, 0.29) is 24.8 Å². The smallest absolute Gasteiger partial charge is 0.304 e. The van der Waals surface area contributed by atoms with Crippen LogP contribution in [-0.4, -0.2) is 27.1 Å². The van der Waals surface area contributed by atoms with E-state index in [0.717, 1.165) is 5.56 Å². The van der Waals surface area contributed by atoms with Crippen molar-refractivity contribution in [2.45, 2.75) is 19.4 Å². The minimum Gasteiger partial charge on any atom is -0.481 e. The molecule has 0 unspecified atom stereocenters. The molecule has 1 amide bonds. The number of nitrogens with one attached hydrogen (secondary N) is 1. The molecule has 0 fully saturated rings. The van der Waals surface area contributed by atoms with Crippen LogP contribution in [0.25, 0.3) is 11.4 Å². The van der Waals surface area contributed by atoms with Gasteiger partial charge >= 0.3 is 5.97 Å². The first-order valence-electron chi connectivity index (χ1n) is 8.64. The van der Waals surface area contributed by atoms with Crippen LogP contribution in [0.2, 0.25) is 5.02 Å². The van der Waals surface area contributed by atoms with Crippen LogP contribution in [0.3, 0.4) is 0 Å². The van der Waals surface area contributed by atoms with Gasteiger partial charge in [0.15, 0.2) is 0 Å². The number of hydrogen-bond acceptors (Lipinski definition) is 5. The lowest BCUT2D eigenvalue weighted by molar-refractivity contribution is -0.141. The number of aromatic nitrogens is 2. The number of carbonyl (C=O) groups is 2. The summed E-state index contributed by atoms with van der Waals surface area (Å²) in [6, 6.07) is 16.3. The van der Waals surface area contributed by atoms with E-state index in [1.54, 1.807) is 24.3 Å². The van der Waals surface area contributed by atoms with Crippen molar-refractivity contribution in [2.75, 3.05) is 0 Å². The number of rotatable bonds is 8. The predicted octanol–water partition coefficient (Wildman–Crippen LogP) is 3.34. The molecule has 144 valence electrons. The van der Waals surface area contributed by atoms with Crippen LogP contribution in [0.5, 0.6) is 0 Å². The first-order valence-corrected chi connectivity index (χ1v) is 9.01. The summed E-state index contributed by atoms with van der Waals surface area (Å²) in [4.78, 5) is 27.9. The van der Waals surface area contributed by atoms with Crippen LogP contribution < -0.4 is 5.32 Å². The third-order valence-electron chi connectivity index (χ3n) is 4.11. The highest BCUT2D eigenvalue weighted by atomic mass is 35.5. The molecule has 0 saturated carbocycles. The maximum Gasteiger partial charge on any atom is 0.304 e. The second-order valence-corrected chi connectivity index (χ2v) is 6.60. The Morgan fingerprint density at radius 1 is 1.11 bits per heavy atom. The molecular weight excluding hydrogens is 382 g/mol. The van der Waals surface area contributed by atoms with Gasteiger partial charge in [0.2, 0.25) is 17.6 Å². The van der Waals surface area contributed by atoms with E-state index < -0.39 is 11.9 Å². The lowest BCUT2D eigenvalue weighted by Crippen LogP contribution is -2.33. The molecule has 2 aromatic carbocycles. The lowest BCUT2D eigenvalue weighted by Gasteiger charge is -2.14. The van der Waals surface area contributed by atoms with Crippen molar-refractivity contribution in [3.63, 3.8) is 0 Å². The summed E-state index contributed by atoms with van der Waals surface area (Å²) in [7, 11) is 0. The number of nitrogens with zero attached hydrogens (tertiary/aromatic N) is 2. The molecule has 28 heavy (non-hydrogen) atoms. The molecule has 1 aromatic heterocycles. The highest BCUT2D eigenvalue weighted by Crippen LogP contribution is 2.24. The molecule has 8 heteroatoms. The lowest BCUT2D eigenvalue weighted by atomic mass is 9.95. The molecule has 1 atom stereocenters. The number of aliphatic carboxylic acids is 1. The van der Waals surface area contributed by atoms with Gasteiger partial charge in [-0.05, 0) is 24.1 Å². The zero-order chi connectivity index (χ0) is 19.9. The Morgan fingerprint density at radius 3 is 2.54 bits per heavy atom. The Bertz CT molecular complexity index is 959. The van der Waals surface area contributed by atoms with Crippen LogP contribution >= 0.6 is 11.6 Å². The Balaban J connectivity index is 1.64. The quantitative estimate of drug-likeness (QED) is 0.601. The van der Waals surface area contributed by atoms with Crippen LogP contribution in [-0.2, 0) is 22.6 Å². The summed E-state index contributed by atoms with van der Waals surface area (Å²) >= 11 is 6.12. The number of halogens is 1. The van der Waals surface area contributed by atoms with Crippen LogP contribution in [0.4, 0.5) is 0 Å². The number of benzene rings is 2. The summed E-state index contributed by atoms with van der Waals surface area (Å²) in [5, 5.41) is 16.2. The van der Waals surface area contributed by atoms with Gasteiger partial charge in [-0.25, -0.2) is 0 Å². The van der Waals surface area contributed by atoms with Crippen molar-refractivity contribution < 1.29 is 19.2 Å². The highest BCUT2D eigenvalue weighted by molar-refractivity contribution is 6.33. The van der Waals surface area contributed by atoms with Gasteiger partial charge in [-0.15, -0.1) is 0 Å². The fraction of sp³-hybridized carbons (Fsp3) is 0.200. The van der Waals surface area contributed by atoms with Gasteiger partial charge in [0.05, 0.1) is 23.9 Å². The van der Waals surface area contributed by atoms with Crippen molar-refractivity contribution in [3.05, 3.63) is 71.1 Å². The number of amides is 1. The molecule has 3 aromatic rings. The summed E-state index contributed by atoms with van der Waals surface area (Å²) in [5.41, 5.74) is 1.51. The molecule has 0 aliphatic carbocycles. The molecule has 0 aliphatic heterocycles. The van der Waals surface area contributed by atoms with Gasteiger partial charge in [-0.2, -0.15) is 4.98 Å². The minimum atomic E-state index is -1.03. The van der Waals surface area contributed by atoms with Crippen LogP contribution in [0.15, 0.2) is 59.1 Å². The van der Waals surface area contributed by atoms with E-state index >= 15 is 0 Å². The first kappa shape index (κ1) is 19.6. The Labute approximate surface area is 166 Å². The first-order chi connectivity index (χ1) is 13.5. The standard InChI is InChI=1S/C20H18ClN3O4/c21-16-9-5-4-8-15(16)19-23-17(28-24-19)12-22-20(27)14(11-18(25)26)10-13-6-2-1-3-7-13/h1-9,14H,10-12H2,(H,22,27)(H,25,26)/t14-/m1/s1. The molecule has 3 rings (SSSR count). The minimum absolute atomic E-state index is 0.00119. The average molecular weight is 400 g/mol. The van der Waals surface area contributed by atoms with Gasteiger partial charge in [0.1, 0.15) is 0 Å². The monoisotopic (exact) mass is 399 g/mol. The Hall–Kier alpha value is -3.19. The van der Waals surface area contributed by atoms with Crippen molar-refractivity contribution in [3.8, 4) is 11.4 Å². The van der Waals surface area contributed by atoms with E-state index in [1.807, 2.05) is 30.3 Å². The molecule has 0 aliphatic rings. The van der Waals surface area contributed by atoms with Crippen molar-refractivity contribution in [2.24, 2.45) is 5.92 Å². The zero-order valence-electron chi connectivity index (χ0n) is 14.8. The topological polar surface area (TPSA) is 105 Å². The summed E-state index contributed by atoms with van der Waals surface area (Å²) in [6.45, 7) is 0.00119. The van der Waals surface area contributed by atoms with Crippen LogP contribution in [0.1, 0.15) is 17.9 Å². The molecule has 1 heterocycles. The van der Waals surface area contributed by atoms with Gasteiger partial charge in [0.25, 0.3) is 0 Å². The SMILES string of the molecule is O=C(O)C[C@@H](Cc1ccccc1)C(=O)NCc1nc(-c2ccccc2Cl)no1. The summed E-state index contributed by atoms with van der Waals surface area (Å²) in [5.74, 6) is -1.59. The average Bonchev–Trinajstić information content (AvgIpc) is 3.15. The van der Waals surface area contributed by atoms with E-state index in [2.05, 4.69) is 15.5 Å². The largest absolute Gasteiger partial charge is 0.481 e. The van der Waals surface area contributed by atoms with E-state index in [0.29, 0.717) is 22.8 Å². The Kier molecular flexibility index (Phi) is 6.39. The molecule has 0 bridgehead atoms. The molecule has 0 radical (unpaired) electrons. The third kappa shape index (κ3) is 5.17. The maximum absolute atomic E-state index is 12.5. The third-order valence-corrected chi connectivity index (χ3v) is 4.44. The van der Waals surface area contributed by atoms with Gasteiger partial charge in [-0.1, -0.05) is 59.2 Å². The van der Waals surface area contributed by atoms with Crippen LogP contribution in [0, 0.1) is 5.92 Å². The maximum atomic E-state index is 12.5. The zero-order valence-corrected chi connectivity index (χ0v) is 15.6. The summed E-state index contributed by atoms with van der Waals surface area (Å²) in [6.07, 6.45) is 0.0586. The van der Waals surface area contributed by atoms with E-state index in [1.165, 1.54) is 0 Å². The van der Waals surface area contributed by atoms with Gasteiger partial charge in [-0.3, -0.25) is 9.59 Å². The van der Waals surface area contributed by atoms with Gasteiger partial charge in [0, 0.05) is 5.56 Å². The second-order valence-electron chi connectivity index (χ2n) is 6.19. The van der Waals surface area contributed by atoms with Crippen molar-refractivity contribution >= 4 is 23.5 Å². The van der Waals surface area contributed by atoms with Crippen molar-refractivity contribution in [1.82, 2.24) is 15.5 Å². The number of carboxylic acid groups (broad SMARTS) is 1.